The summed E-state index contributed by atoms with van der Waals surface area (Å²) < 4.78 is 33.2. The number of benzene rings is 2. The van der Waals surface area contributed by atoms with Crippen LogP contribution in [0.5, 0.6) is 0 Å². The number of halogens is 3. The quantitative estimate of drug-likeness (QED) is 0.518. The topological polar surface area (TPSA) is 66.7 Å². The van der Waals surface area contributed by atoms with E-state index in [1.165, 1.54) is 16.4 Å². The summed E-state index contributed by atoms with van der Waals surface area (Å²) in [4.78, 5) is 6.39. The Hall–Kier alpha value is -1.61. The van der Waals surface area contributed by atoms with E-state index >= 15 is 0 Å². The van der Waals surface area contributed by atoms with Gasteiger partial charge in [-0.15, -0.1) is 0 Å². The second-order valence-electron chi connectivity index (χ2n) is 6.86. The summed E-state index contributed by atoms with van der Waals surface area (Å²) in [5.41, 5.74) is 0.894. The van der Waals surface area contributed by atoms with Gasteiger partial charge in [0.2, 0.25) is 15.9 Å². The van der Waals surface area contributed by atoms with Crippen molar-refractivity contribution < 1.29 is 12.8 Å². The highest BCUT2D eigenvalue weighted by molar-refractivity contribution is 7.89. The number of hydrogen-bond donors (Lipinski definition) is 0. The van der Waals surface area contributed by atoms with Crippen molar-refractivity contribution in [1.82, 2.24) is 14.2 Å². The Morgan fingerprint density at radius 3 is 2.20 bits per heavy atom. The maximum Gasteiger partial charge on any atom is 0.246 e. The summed E-state index contributed by atoms with van der Waals surface area (Å²) in [5, 5.41) is 0.906. The number of piperazine rings is 1. The lowest BCUT2D eigenvalue weighted by atomic mass is 10.2. The predicted octanol–water partition coefficient (Wildman–Crippen LogP) is 4.81. The van der Waals surface area contributed by atoms with E-state index in [1.54, 1.807) is 24.4 Å². The lowest BCUT2D eigenvalue weighted by Gasteiger charge is -2.33. The van der Waals surface area contributed by atoms with E-state index in [1.807, 2.05) is 12.1 Å². The molecule has 4 rings (SSSR count). The van der Waals surface area contributed by atoms with Crippen LogP contribution in [0.3, 0.4) is 0 Å². The van der Waals surface area contributed by atoms with E-state index < -0.39 is 10.0 Å². The molecule has 0 atom stereocenters. The average Bonchev–Trinajstić information content (AvgIpc) is 3.17. The molecule has 2 heterocycles. The van der Waals surface area contributed by atoms with Crippen molar-refractivity contribution in [2.45, 2.75) is 11.4 Å². The van der Waals surface area contributed by atoms with E-state index in [9.17, 15) is 8.42 Å². The minimum absolute atomic E-state index is 0.0397. The van der Waals surface area contributed by atoms with E-state index in [4.69, 9.17) is 39.2 Å². The Kier molecular flexibility index (Phi) is 6.39. The minimum Gasteiger partial charge on any atom is -0.439 e. The third-order valence-electron chi connectivity index (χ3n) is 4.89. The molecular formula is C20H18Cl3N3O3S. The van der Waals surface area contributed by atoms with Gasteiger partial charge in [-0.05, 0) is 36.4 Å². The summed E-state index contributed by atoms with van der Waals surface area (Å²) in [6, 6.07) is 12.0. The molecule has 0 bridgehead atoms. The third kappa shape index (κ3) is 4.51. The Morgan fingerprint density at radius 1 is 0.933 bits per heavy atom. The van der Waals surface area contributed by atoms with Gasteiger partial charge in [-0.25, -0.2) is 13.4 Å². The Labute approximate surface area is 190 Å². The number of sulfonamides is 1. The maximum absolute atomic E-state index is 13.0. The van der Waals surface area contributed by atoms with Gasteiger partial charge >= 0.3 is 0 Å². The fourth-order valence-electron chi connectivity index (χ4n) is 3.31. The molecule has 0 saturated carbocycles. The van der Waals surface area contributed by atoms with E-state index in [0.717, 1.165) is 5.56 Å². The Bertz CT molecular complexity index is 1120. The molecule has 1 fully saturated rings. The first kappa shape index (κ1) is 21.6. The zero-order valence-electron chi connectivity index (χ0n) is 15.8. The molecule has 0 radical (unpaired) electrons. The van der Waals surface area contributed by atoms with Gasteiger partial charge < -0.3 is 4.42 Å². The van der Waals surface area contributed by atoms with Crippen molar-refractivity contribution in [2.75, 3.05) is 26.2 Å². The SMILES string of the molecule is O=S(=O)(c1c(Cl)cccc1Cl)N1CCN(Cc2ncc(-c3ccc(Cl)cc3)o2)CC1. The molecule has 0 spiro atoms. The molecule has 1 aromatic heterocycles. The van der Waals surface area contributed by atoms with Crippen LogP contribution in [-0.4, -0.2) is 48.8 Å². The van der Waals surface area contributed by atoms with Crippen molar-refractivity contribution in [2.24, 2.45) is 0 Å². The monoisotopic (exact) mass is 485 g/mol. The van der Waals surface area contributed by atoms with E-state index in [-0.39, 0.29) is 14.9 Å². The molecule has 6 nitrogen and oxygen atoms in total. The van der Waals surface area contributed by atoms with Crippen molar-refractivity contribution in [1.29, 1.82) is 0 Å². The van der Waals surface area contributed by atoms with Crippen molar-refractivity contribution in [3.63, 3.8) is 0 Å². The summed E-state index contributed by atoms with van der Waals surface area (Å²) in [6.45, 7) is 2.23. The first-order valence-corrected chi connectivity index (χ1v) is 11.8. The van der Waals surface area contributed by atoms with Crippen LogP contribution < -0.4 is 0 Å². The molecule has 0 N–H and O–H groups in total. The number of rotatable bonds is 5. The minimum atomic E-state index is -3.76. The molecule has 0 amide bonds. The number of nitrogens with zero attached hydrogens (tertiary/aromatic N) is 3. The number of aromatic nitrogens is 1. The highest BCUT2D eigenvalue weighted by atomic mass is 35.5. The van der Waals surface area contributed by atoms with Gasteiger partial charge in [-0.3, -0.25) is 4.90 Å². The lowest BCUT2D eigenvalue weighted by molar-refractivity contribution is 0.169. The molecule has 1 aliphatic rings. The second kappa shape index (κ2) is 8.86. The molecule has 2 aromatic carbocycles. The van der Waals surface area contributed by atoms with Gasteiger partial charge in [0.1, 0.15) is 4.90 Å². The standard InChI is InChI=1S/C20H18Cl3N3O3S/c21-15-6-4-14(5-7-15)18-12-24-19(29-18)13-25-8-10-26(11-9-25)30(27,28)20-16(22)2-1-3-17(20)23/h1-7,12H,8-11,13H2. The largest absolute Gasteiger partial charge is 0.439 e. The number of hydrogen-bond acceptors (Lipinski definition) is 5. The van der Waals surface area contributed by atoms with Gasteiger partial charge in [0.05, 0.1) is 22.8 Å². The zero-order valence-corrected chi connectivity index (χ0v) is 18.8. The van der Waals surface area contributed by atoms with Gasteiger partial charge in [-0.1, -0.05) is 40.9 Å². The first-order chi connectivity index (χ1) is 14.3. The molecule has 10 heteroatoms. The van der Waals surface area contributed by atoms with Crippen LogP contribution in [0, 0.1) is 0 Å². The van der Waals surface area contributed by atoms with Crippen LogP contribution in [0.4, 0.5) is 0 Å². The van der Waals surface area contributed by atoms with Crippen LogP contribution in [0.15, 0.2) is 58.0 Å². The van der Waals surface area contributed by atoms with Crippen LogP contribution in [0.1, 0.15) is 5.89 Å². The zero-order chi connectivity index (χ0) is 21.3. The summed E-state index contributed by atoms with van der Waals surface area (Å²) in [5.74, 6) is 1.24. The van der Waals surface area contributed by atoms with E-state index in [0.29, 0.717) is 49.4 Å². The summed E-state index contributed by atoms with van der Waals surface area (Å²) in [7, 11) is -3.76. The fourth-order valence-corrected chi connectivity index (χ4v) is 5.95. The van der Waals surface area contributed by atoms with Crippen LogP contribution in [0.2, 0.25) is 15.1 Å². The Balaban J connectivity index is 1.40. The highest BCUT2D eigenvalue weighted by Gasteiger charge is 2.32. The molecule has 158 valence electrons. The third-order valence-corrected chi connectivity index (χ3v) is 8.00. The van der Waals surface area contributed by atoms with Crippen LogP contribution in [-0.2, 0) is 16.6 Å². The van der Waals surface area contributed by atoms with Gasteiger partial charge in [0.25, 0.3) is 0 Å². The first-order valence-electron chi connectivity index (χ1n) is 9.22. The fraction of sp³-hybridized carbons (Fsp3) is 0.250. The normalized spacial score (nSPS) is 16.1. The highest BCUT2D eigenvalue weighted by Crippen LogP contribution is 2.32. The van der Waals surface area contributed by atoms with E-state index in [2.05, 4.69) is 9.88 Å². The summed E-state index contributed by atoms with van der Waals surface area (Å²) in [6.07, 6.45) is 1.68. The van der Waals surface area contributed by atoms with Gasteiger partial charge in [0.15, 0.2) is 5.76 Å². The molecule has 0 unspecified atom stereocenters. The molecular weight excluding hydrogens is 469 g/mol. The predicted molar refractivity (Wildman–Crippen MR) is 117 cm³/mol. The van der Waals surface area contributed by atoms with Gasteiger partial charge in [0, 0.05) is 36.8 Å². The molecule has 1 aliphatic heterocycles. The molecule has 3 aromatic rings. The van der Waals surface area contributed by atoms with Crippen molar-refractivity contribution in [3.05, 3.63) is 69.6 Å². The van der Waals surface area contributed by atoms with Crippen molar-refractivity contribution in [3.8, 4) is 11.3 Å². The van der Waals surface area contributed by atoms with Crippen LogP contribution >= 0.6 is 34.8 Å². The van der Waals surface area contributed by atoms with Crippen LogP contribution in [0.25, 0.3) is 11.3 Å². The Morgan fingerprint density at radius 2 is 1.57 bits per heavy atom. The second-order valence-corrected chi connectivity index (χ2v) is 9.98. The summed E-state index contributed by atoms with van der Waals surface area (Å²) >= 11 is 18.1. The molecule has 1 saturated heterocycles. The molecule has 0 aliphatic carbocycles. The number of oxazole rings is 1. The smallest absolute Gasteiger partial charge is 0.246 e. The van der Waals surface area contributed by atoms with Crippen molar-refractivity contribution >= 4 is 44.8 Å². The lowest BCUT2D eigenvalue weighted by Crippen LogP contribution is -2.48. The molecule has 30 heavy (non-hydrogen) atoms. The maximum atomic E-state index is 13.0. The average molecular weight is 487 g/mol. The van der Waals surface area contributed by atoms with Gasteiger partial charge in [-0.2, -0.15) is 4.31 Å².